The van der Waals surface area contributed by atoms with Crippen LogP contribution in [0.3, 0.4) is 0 Å². The third-order valence-electron chi connectivity index (χ3n) is 5.08. The number of nitrogens with zero attached hydrogens (tertiary/aromatic N) is 2. The highest BCUT2D eigenvalue weighted by molar-refractivity contribution is 9.10. The van der Waals surface area contributed by atoms with Crippen molar-refractivity contribution in [1.82, 2.24) is 4.98 Å². The molecule has 4 rings (SSSR count). The van der Waals surface area contributed by atoms with Gasteiger partial charge in [-0.25, -0.2) is 4.98 Å². The molecule has 0 aliphatic heterocycles. The molecule has 0 aliphatic carbocycles. The number of carbonyl (C=O) groups excluding carboxylic acids is 1. The summed E-state index contributed by atoms with van der Waals surface area (Å²) >= 11 is 4.74. The number of hydrogen-bond donors (Lipinski definition) is 1. The Morgan fingerprint density at radius 1 is 1.00 bits per heavy atom. The molecule has 0 spiro atoms. The summed E-state index contributed by atoms with van der Waals surface area (Å²) in [4.78, 5) is 17.4. The van der Waals surface area contributed by atoms with Crippen LogP contribution < -0.4 is 5.32 Å². The standard InChI is InChI=1S/C27H20BrN3OS/c1-18-7-5-6-10-24(18)30-26(32)17-33-27-23(16-29)22(19-8-3-2-4-9-19)15-25(31-27)20-11-13-21(28)14-12-20/h2-15H,17H2,1H3,(H,30,32). The Hall–Kier alpha value is -3.40. The number of nitriles is 1. The highest BCUT2D eigenvalue weighted by Gasteiger charge is 2.17. The Morgan fingerprint density at radius 3 is 2.39 bits per heavy atom. The zero-order valence-corrected chi connectivity index (χ0v) is 20.3. The second-order valence-corrected chi connectivity index (χ2v) is 9.25. The number of carbonyl (C=O) groups is 1. The van der Waals surface area contributed by atoms with Crippen LogP contribution in [0.4, 0.5) is 5.69 Å². The fourth-order valence-electron chi connectivity index (χ4n) is 3.38. The van der Waals surface area contributed by atoms with Crippen LogP contribution in [0.5, 0.6) is 0 Å². The summed E-state index contributed by atoms with van der Waals surface area (Å²) in [7, 11) is 0. The lowest BCUT2D eigenvalue weighted by molar-refractivity contribution is -0.113. The predicted molar refractivity (Wildman–Crippen MR) is 138 cm³/mol. The number of anilines is 1. The molecule has 0 fully saturated rings. The van der Waals surface area contributed by atoms with Gasteiger partial charge in [0.1, 0.15) is 11.1 Å². The quantitative estimate of drug-likeness (QED) is 0.279. The van der Waals surface area contributed by atoms with Gasteiger partial charge < -0.3 is 5.32 Å². The average Bonchev–Trinajstić information content (AvgIpc) is 2.84. The molecule has 0 unspecified atom stereocenters. The number of hydrogen-bond acceptors (Lipinski definition) is 4. The largest absolute Gasteiger partial charge is 0.325 e. The third kappa shape index (κ3) is 5.51. The molecule has 0 radical (unpaired) electrons. The first-order chi connectivity index (χ1) is 16.0. The molecule has 1 amide bonds. The summed E-state index contributed by atoms with van der Waals surface area (Å²) in [5.41, 5.74) is 5.67. The highest BCUT2D eigenvalue weighted by Crippen LogP contribution is 2.34. The molecule has 3 aromatic carbocycles. The number of thioether (sulfide) groups is 1. The number of amides is 1. The molecule has 4 aromatic rings. The van der Waals surface area contributed by atoms with E-state index in [0.29, 0.717) is 10.6 Å². The van der Waals surface area contributed by atoms with Crippen molar-refractivity contribution in [2.24, 2.45) is 0 Å². The molecule has 0 saturated heterocycles. The van der Waals surface area contributed by atoms with Gasteiger partial charge in [-0.15, -0.1) is 0 Å². The van der Waals surface area contributed by atoms with Gasteiger partial charge in [0.2, 0.25) is 5.91 Å². The third-order valence-corrected chi connectivity index (χ3v) is 6.59. The molecule has 0 bridgehead atoms. The molecule has 33 heavy (non-hydrogen) atoms. The molecule has 0 aliphatic rings. The van der Waals surface area contributed by atoms with Crippen LogP contribution >= 0.6 is 27.7 Å². The van der Waals surface area contributed by atoms with E-state index in [1.54, 1.807) is 0 Å². The number of aryl methyl sites for hydroxylation is 1. The molecule has 0 saturated carbocycles. The fourth-order valence-corrected chi connectivity index (χ4v) is 4.45. The average molecular weight is 514 g/mol. The van der Waals surface area contributed by atoms with Crippen LogP contribution in [0.15, 0.2) is 94.4 Å². The van der Waals surface area contributed by atoms with Crippen molar-refractivity contribution in [3.63, 3.8) is 0 Å². The monoisotopic (exact) mass is 513 g/mol. The zero-order valence-electron chi connectivity index (χ0n) is 17.9. The summed E-state index contributed by atoms with van der Waals surface area (Å²) < 4.78 is 0.977. The zero-order chi connectivity index (χ0) is 23.2. The topological polar surface area (TPSA) is 65.8 Å². The fraction of sp³-hybridized carbons (Fsp3) is 0.0741. The van der Waals surface area contributed by atoms with Crippen molar-refractivity contribution < 1.29 is 4.79 Å². The first kappa shape index (κ1) is 22.8. The number of pyridine rings is 1. The van der Waals surface area contributed by atoms with E-state index in [1.807, 2.05) is 91.9 Å². The maximum atomic E-state index is 12.6. The van der Waals surface area contributed by atoms with Crippen molar-refractivity contribution in [3.8, 4) is 28.5 Å². The summed E-state index contributed by atoms with van der Waals surface area (Å²) in [5, 5.41) is 13.5. The van der Waals surface area contributed by atoms with Crippen molar-refractivity contribution in [3.05, 3.63) is 101 Å². The van der Waals surface area contributed by atoms with E-state index in [4.69, 9.17) is 4.98 Å². The molecule has 162 valence electrons. The van der Waals surface area contributed by atoms with E-state index in [-0.39, 0.29) is 11.7 Å². The lowest BCUT2D eigenvalue weighted by Crippen LogP contribution is -2.15. The molecule has 0 atom stereocenters. The number of aromatic nitrogens is 1. The van der Waals surface area contributed by atoms with Gasteiger partial charge in [0, 0.05) is 21.3 Å². The number of para-hydroxylation sites is 1. The Morgan fingerprint density at radius 2 is 1.70 bits per heavy atom. The van der Waals surface area contributed by atoms with Crippen molar-refractivity contribution in [2.45, 2.75) is 11.9 Å². The van der Waals surface area contributed by atoms with Gasteiger partial charge in [-0.1, -0.05) is 88.4 Å². The highest BCUT2D eigenvalue weighted by atomic mass is 79.9. The SMILES string of the molecule is Cc1ccccc1NC(=O)CSc1nc(-c2ccc(Br)cc2)cc(-c2ccccc2)c1C#N. The van der Waals surface area contributed by atoms with Crippen LogP contribution in [0.1, 0.15) is 11.1 Å². The van der Waals surface area contributed by atoms with Gasteiger partial charge in [0.25, 0.3) is 0 Å². The predicted octanol–water partition coefficient (Wildman–Crippen LogP) is 7.09. The minimum absolute atomic E-state index is 0.143. The Balaban J connectivity index is 1.69. The van der Waals surface area contributed by atoms with Gasteiger partial charge >= 0.3 is 0 Å². The van der Waals surface area contributed by atoms with E-state index in [1.165, 1.54) is 11.8 Å². The van der Waals surface area contributed by atoms with Gasteiger partial charge in [0.05, 0.1) is 17.0 Å². The first-order valence-electron chi connectivity index (χ1n) is 10.3. The van der Waals surface area contributed by atoms with Gasteiger partial charge in [-0.05, 0) is 42.3 Å². The first-order valence-corrected chi connectivity index (χ1v) is 12.1. The molecule has 1 heterocycles. The second kappa shape index (κ2) is 10.5. The molecular formula is C27H20BrN3OS. The normalized spacial score (nSPS) is 10.5. The number of benzene rings is 3. The van der Waals surface area contributed by atoms with E-state index in [9.17, 15) is 10.1 Å². The minimum Gasteiger partial charge on any atom is -0.325 e. The summed E-state index contributed by atoms with van der Waals surface area (Å²) in [6.07, 6.45) is 0. The number of rotatable bonds is 6. The molecule has 1 N–H and O–H groups in total. The molecule has 4 nitrogen and oxygen atoms in total. The van der Waals surface area contributed by atoms with Gasteiger partial charge in [-0.2, -0.15) is 5.26 Å². The van der Waals surface area contributed by atoms with Crippen molar-refractivity contribution >= 4 is 39.3 Å². The van der Waals surface area contributed by atoms with Crippen LogP contribution in [0, 0.1) is 18.3 Å². The maximum absolute atomic E-state index is 12.6. The lowest BCUT2D eigenvalue weighted by atomic mass is 9.99. The maximum Gasteiger partial charge on any atom is 0.234 e. The number of halogens is 1. The minimum atomic E-state index is -0.143. The van der Waals surface area contributed by atoms with Crippen molar-refractivity contribution in [1.29, 1.82) is 5.26 Å². The number of nitrogens with one attached hydrogen (secondary N) is 1. The van der Waals surface area contributed by atoms with E-state index >= 15 is 0 Å². The Labute approximate surface area is 205 Å². The molecular weight excluding hydrogens is 494 g/mol. The van der Waals surface area contributed by atoms with E-state index in [0.717, 1.165) is 38.1 Å². The van der Waals surface area contributed by atoms with E-state index < -0.39 is 0 Å². The Kier molecular flexibility index (Phi) is 7.23. The summed E-state index contributed by atoms with van der Waals surface area (Å²) in [6, 6.07) is 29.5. The second-order valence-electron chi connectivity index (χ2n) is 7.37. The molecule has 1 aromatic heterocycles. The smallest absolute Gasteiger partial charge is 0.234 e. The van der Waals surface area contributed by atoms with Crippen LogP contribution in [-0.4, -0.2) is 16.6 Å². The summed E-state index contributed by atoms with van der Waals surface area (Å²) in [5.74, 6) is 0.00362. The Bertz CT molecular complexity index is 1330. The van der Waals surface area contributed by atoms with E-state index in [2.05, 4.69) is 27.3 Å². The molecule has 6 heteroatoms. The van der Waals surface area contributed by atoms with Gasteiger partial charge in [0.15, 0.2) is 0 Å². The van der Waals surface area contributed by atoms with Crippen LogP contribution in [0.25, 0.3) is 22.4 Å². The van der Waals surface area contributed by atoms with Gasteiger partial charge in [-0.3, -0.25) is 4.79 Å². The van der Waals surface area contributed by atoms with Crippen LogP contribution in [0.2, 0.25) is 0 Å². The lowest BCUT2D eigenvalue weighted by Gasteiger charge is -2.13. The van der Waals surface area contributed by atoms with Crippen molar-refractivity contribution in [2.75, 3.05) is 11.1 Å². The van der Waals surface area contributed by atoms with Crippen LogP contribution in [-0.2, 0) is 4.79 Å². The summed E-state index contributed by atoms with van der Waals surface area (Å²) in [6.45, 7) is 1.95.